The van der Waals surface area contributed by atoms with E-state index in [-0.39, 0.29) is 12.1 Å². The van der Waals surface area contributed by atoms with Gasteiger partial charge in [0.1, 0.15) is 7.85 Å². The van der Waals surface area contributed by atoms with Crippen molar-refractivity contribution in [3.8, 4) is 0 Å². The fraction of sp³-hybridized carbons (Fsp3) is 0.727. The third-order valence-corrected chi connectivity index (χ3v) is 7.42. The van der Waals surface area contributed by atoms with Gasteiger partial charge in [-0.2, -0.15) is 0 Å². The topological polar surface area (TPSA) is 72.5 Å². The van der Waals surface area contributed by atoms with Crippen molar-refractivity contribution >= 4 is 16.1 Å². The first kappa shape index (κ1) is 22.1. The molecule has 0 amide bonds. The molecule has 1 saturated carbocycles. The molecule has 0 heterocycles. The van der Waals surface area contributed by atoms with Gasteiger partial charge in [0.05, 0.1) is 6.61 Å². The molecule has 4 nitrogen and oxygen atoms in total. The largest absolute Gasteiger partial charge is 0.326 e. The maximum atomic E-state index is 10.7. The minimum atomic E-state index is -2.85. The van der Waals surface area contributed by atoms with E-state index in [4.69, 9.17) is 15.2 Å². The predicted octanol–water partition coefficient (Wildman–Crippen LogP) is 4.16. The van der Waals surface area contributed by atoms with Crippen LogP contribution in [0.5, 0.6) is 0 Å². The average molecular weight is 405 g/mol. The molecular formula is C22H37BNO3P. The number of fused-ring (bicyclic) bond motifs is 1. The van der Waals surface area contributed by atoms with Gasteiger partial charge in [-0.15, -0.1) is 0 Å². The first-order chi connectivity index (χ1) is 13.5. The van der Waals surface area contributed by atoms with Crippen LogP contribution in [0.2, 0.25) is 6.32 Å². The van der Waals surface area contributed by atoms with Crippen LogP contribution in [0.25, 0.3) is 0 Å². The molecule has 0 bridgehead atoms. The van der Waals surface area contributed by atoms with Gasteiger partial charge in [0, 0.05) is 5.54 Å². The number of hydrogen-bond donors (Lipinski definition) is 2. The van der Waals surface area contributed by atoms with Crippen molar-refractivity contribution in [2.24, 2.45) is 11.7 Å². The highest BCUT2D eigenvalue weighted by Gasteiger charge is 2.36. The second-order valence-electron chi connectivity index (χ2n) is 9.15. The highest BCUT2D eigenvalue weighted by atomic mass is 31.1. The smallest absolute Gasteiger partial charge is 0.316 e. The van der Waals surface area contributed by atoms with E-state index in [0.29, 0.717) is 12.3 Å². The third kappa shape index (κ3) is 6.19. The van der Waals surface area contributed by atoms with Crippen LogP contribution in [0.3, 0.4) is 0 Å². The van der Waals surface area contributed by atoms with Gasteiger partial charge in [-0.1, -0.05) is 50.2 Å². The molecule has 28 heavy (non-hydrogen) atoms. The Morgan fingerprint density at radius 3 is 2.89 bits per heavy atom. The number of benzene rings is 1. The summed E-state index contributed by atoms with van der Waals surface area (Å²) in [5.41, 5.74) is 10.8. The zero-order chi connectivity index (χ0) is 20.0. The monoisotopic (exact) mass is 405 g/mol. The van der Waals surface area contributed by atoms with Gasteiger partial charge in [0.25, 0.3) is 0 Å². The number of aryl methyl sites for hydroxylation is 1. The molecule has 2 aliphatic rings. The third-order valence-electron chi connectivity index (χ3n) is 6.97. The van der Waals surface area contributed by atoms with Crippen LogP contribution in [0, 0.1) is 5.92 Å². The SMILES string of the molecule is BCCCCCC1CCc2cc([C@@H]3CC[C@](N)(CCO[PH](=O)O)C3)ccc2C1. The summed E-state index contributed by atoms with van der Waals surface area (Å²) in [5, 5.41) is 0. The lowest BCUT2D eigenvalue weighted by atomic mass is 9.79. The Balaban J connectivity index is 1.53. The average Bonchev–Trinajstić information content (AvgIpc) is 3.06. The predicted molar refractivity (Wildman–Crippen MR) is 119 cm³/mol. The molecule has 1 fully saturated rings. The Hall–Kier alpha value is -0.605. The molecule has 156 valence electrons. The molecule has 3 N–H and O–H groups in total. The second kappa shape index (κ2) is 10.4. The zero-order valence-electron chi connectivity index (χ0n) is 17.4. The van der Waals surface area contributed by atoms with Crippen molar-refractivity contribution in [2.75, 3.05) is 6.61 Å². The van der Waals surface area contributed by atoms with Crippen molar-refractivity contribution in [1.82, 2.24) is 0 Å². The van der Waals surface area contributed by atoms with Crippen molar-refractivity contribution in [3.05, 3.63) is 34.9 Å². The molecule has 3 rings (SSSR count). The Morgan fingerprint density at radius 2 is 2.11 bits per heavy atom. The number of nitrogens with two attached hydrogens (primary N) is 1. The van der Waals surface area contributed by atoms with Crippen LogP contribution in [0.1, 0.15) is 80.4 Å². The molecule has 0 spiro atoms. The van der Waals surface area contributed by atoms with Crippen molar-refractivity contribution in [1.29, 1.82) is 0 Å². The van der Waals surface area contributed by atoms with Crippen molar-refractivity contribution in [2.45, 2.75) is 88.4 Å². The van der Waals surface area contributed by atoms with E-state index in [9.17, 15) is 4.57 Å². The summed E-state index contributed by atoms with van der Waals surface area (Å²) in [4.78, 5) is 8.83. The van der Waals surface area contributed by atoms with Crippen LogP contribution >= 0.6 is 8.25 Å². The van der Waals surface area contributed by atoms with E-state index in [1.807, 2.05) is 0 Å². The van der Waals surface area contributed by atoms with Crippen LogP contribution in [-0.4, -0.2) is 24.9 Å². The lowest BCUT2D eigenvalue weighted by Gasteiger charge is -2.27. The molecule has 2 aliphatic carbocycles. The van der Waals surface area contributed by atoms with E-state index >= 15 is 0 Å². The number of hydrogen-bond acceptors (Lipinski definition) is 3. The summed E-state index contributed by atoms with van der Waals surface area (Å²) in [7, 11) is -0.569. The zero-order valence-corrected chi connectivity index (χ0v) is 18.4. The lowest BCUT2D eigenvalue weighted by molar-refractivity contribution is 0.240. The van der Waals surface area contributed by atoms with E-state index < -0.39 is 8.25 Å². The van der Waals surface area contributed by atoms with Crippen LogP contribution in [0.4, 0.5) is 0 Å². The maximum absolute atomic E-state index is 10.7. The summed E-state index contributed by atoms with van der Waals surface area (Å²) in [5.74, 6) is 1.38. The summed E-state index contributed by atoms with van der Waals surface area (Å²) in [6.07, 6.45) is 14.3. The van der Waals surface area contributed by atoms with E-state index in [1.165, 1.54) is 56.8 Å². The lowest BCUT2D eigenvalue weighted by Crippen LogP contribution is -2.37. The highest BCUT2D eigenvalue weighted by Crippen LogP contribution is 2.42. The quantitative estimate of drug-likeness (QED) is 0.348. The van der Waals surface area contributed by atoms with Gasteiger partial charge in [-0.25, -0.2) is 0 Å². The first-order valence-electron chi connectivity index (χ1n) is 11.3. The molecule has 1 aromatic carbocycles. The van der Waals surface area contributed by atoms with Crippen molar-refractivity contribution < 1.29 is 14.0 Å². The second-order valence-corrected chi connectivity index (χ2v) is 9.97. The molecule has 0 aliphatic heterocycles. The number of rotatable bonds is 10. The molecule has 0 saturated heterocycles. The minimum absolute atomic E-state index is 0.262. The molecule has 1 aromatic rings. The Morgan fingerprint density at radius 1 is 1.25 bits per heavy atom. The summed E-state index contributed by atoms with van der Waals surface area (Å²) in [6, 6.07) is 7.15. The van der Waals surface area contributed by atoms with Gasteiger partial charge in [0.15, 0.2) is 0 Å². The van der Waals surface area contributed by atoms with E-state index in [0.717, 1.165) is 25.2 Å². The Labute approximate surface area is 172 Å². The molecule has 2 unspecified atom stereocenters. The molecule has 4 atom stereocenters. The van der Waals surface area contributed by atoms with Crippen molar-refractivity contribution in [3.63, 3.8) is 0 Å². The highest BCUT2D eigenvalue weighted by molar-refractivity contribution is 7.32. The van der Waals surface area contributed by atoms with Crippen LogP contribution in [0.15, 0.2) is 18.2 Å². The van der Waals surface area contributed by atoms with Gasteiger partial charge in [-0.05, 0) is 73.5 Å². The van der Waals surface area contributed by atoms with Crippen LogP contribution < -0.4 is 5.73 Å². The van der Waals surface area contributed by atoms with Gasteiger partial charge < -0.3 is 15.2 Å². The molecule has 0 aromatic heterocycles. The fourth-order valence-electron chi connectivity index (χ4n) is 5.22. The Kier molecular flexibility index (Phi) is 8.23. The van der Waals surface area contributed by atoms with Gasteiger partial charge in [-0.3, -0.25) is 4.57 Å². The maximum Gasteiger partial charge on any atom is 0.316 e. The normalized spacial score (nSPS) is 28.2. The Bertz CT molecular complexity index is 671. The number of unbranched alkanes of at least 4 members (excludes halogenated alkanes) is 2. The first-order valence-corrected chi connectivity index (χ1v) is 12.5. The van der Waals surface area contributed by atoms with E-state index in [1.54, 1.807) is 11.1 Å². The molecule has 6 heteroatoms. The van der Waals surface area contributed by atoms with Gasteiger partial charge >= 0.3 is 8.25 Å². The molecule has 0 radical (unpaired) electrons. The standard InChI is InChI=1S/C22H37BNO3P/c23-12-3-1-2-4-17-5-6-19-15-20(8-7-18(19)14-17)21-9-10-22(24,16-21)11-13-27-28(25)26/h7-8,15,17,21,28H,1-6,9-14,16,23-24H2,(H,25,26)/t17?,21-,22+/m1/s1. The fourth-order valence-corrected chi connectivity index (χ4v) is 5.50. The minimum Gasteiger partial charge on any atom is -0.326 e. The summed E-state index contributed by atoms with van der Waals surface area (Å²) >= 11 is 0. The van der Waals surface area contributed by atoms with Gasteiger partial charge in [0.2, 0.25) is 0 Å². The van der Waals surface area contributed by atoms with Crippen LogP contribution in [-0.2, 0) is 21.9 Å². The summed E-state index contributed by atoms with van der Waals surface area (Å²) in [6.45, 7) is 0.279. The summed E-state index contributed by atoms with van der Waals surface area (Å²) < 4.78 is 15.6. The molecular weight excluding hydrogens is 368 g/mol. The van der Waals surface area contributed by atoms with E-state index in [2.05, 4.69) is 26.0 Å².